The number of methoxy groups -OCH3 is 1. The number of nitrogens with one attached hydrogen (secondary N) is 1. The SMILES string of the molecule is COc1ccc([C@H](NS(=O)(=O)c2ccc3c(c2)CCCN3C(C)=O)C(C)C)cc1. The smallest absolute Gasteiger partial charge is 0.241 e. The van der Waals surface area contributed by atoms with Gasteiger partial charge in [0.15, 0.2) is 0 Å². The van der Waals surface area contributed by atoms with Crippen molar-refractivity contribution < 1.29 is 17.9 Å². The predicted octanol–water partition coefficient (Wildman–Crippen LogP) is 3.67. The van der Waals surface area contributed by atoms with E-state index in [1.807, 2.05) is 38.1 Å². The second-order valence-electron chi connectivity index (χ2n) is 7.68. The van der Waals surface area contributed by atoms with E-state index in [4.69, 9.17) is 4.74 Å². The molecule has 1 amide bonds. The van der Waals surface area contributed by atoms with Crippen LogP contribution in [0.1, 0.15) is 44.4 Å². The molecule has 0 saturated carbocycles. The largest absolute Gasteiger partial charge is 0.497 e. The van der Waals surface area contributed by atoms with Crippen molar-refractivity contribution in [1.29, 1.82) is 0 Å². The third kappa shape index (κ3) is 4.62. The maximum atomic E-state index is 13.1. The second kappa shape index (κ2) is 8.55. The molecule has 1 aliphatic rings. The average molecular weight is 417 g/mol. The van der Waals surface area contributed by atoms with E-state index in [1.54, 1.807) is 30.2 Å². The Hall–Kier alpha value is -2.38. The molecule has 0 saturated heterocycles. The fraction of sp³-hybridized carbons (Fsp3) is 0.409. The third-order valence-corrected chi connectivity index (χ3v) is 6.72. The Balaban J connectivity index is 1.90. The fourth-order valence-electron chi connectivity index (χ4n) is 3.70. The summed E-state index contributed by atoms with van der Waals surface area (Å²) in [6.45, 7) is 6.16. The van der Waals surface area contributed by atoms with Gasteiger partial charge in [-0.2, -0.15) is 0 Å². The van der Waals surface area contributed by atoms with Gasteiger partial charge in [-0.1, -0.05) is 26.0 Å². The molecule has 0 aliphatic carbocycles. The lowest BCUT2D eigenvalue weighted by Gasteiger charge is -2.29. The molecule has 2 aromatic rings. The molecule has 0 spiro atoms. The number of sulfonamides is 1. The van der Waals surface area contributed by atoms with Crippen LogP contribution in [0.2, 0.25) is 0 Å². The van der Waals surface area contributed by atoms with Crippen molar-refractivity contribution in [2.75, 3.05) is 18.6 Å². The van der Waals surface area contributed by atoms with E-state index in [1.165, 1.54) is 6.92 Å². The standard InChI is InChI=1S/C22H28N2O4S/c1-15(2)22(17-7-9-19(28-4)10-8-17)23-29(26,27)20-11-12-21-18(14-20)6-5-13-24(21)16(3)25/h7-12,14-15,22-23H,5-6,13H2,1-4H3/t22-/m1/s1. The van der Waals surface area contributed by atoms with Crippen LogP contribution in [0.5, 0.6) is 5.75 Å². The first-order valence-electron chi connectivity index (χ1n) is 9.80. The number of aryl methyl sites for hydroxylation is 1. The van der Waals surface area contributed by atoms with Gasteiger partial charge < -0.3 is 9.64 Å². The minimum absolute atomic E-state index is 0.0286. The zero-order valence-electron chi connectivity index (χ0n) is 17.3. The van der Waals surface area contributed by atoms with Gasteiger partial charge in [0.1, 0.15) is 5.75 Å². The van der Waals surface area contributed by atoms with Crippen molar-refractivity contribution in [3.8, 4) is 5.75 Å². The molecule has 1 N–H and O–H groups in total. The summed E-state index contributed by atoms with van der Waals surface area (Å²) in [6.07, 6.45) is 1.58. The van der Waals surface area contributed by atoms with Crippen LogP contribution in [0.25, 0.3) is 0 Å². The number of hydrogen-bond acceptors (Lipinski definition) is 4. The van der Waals surface area contributed by atoms with Gasteiger partial charge in [0, 0.05) is 25.2 Å². The highest BCUT2D eigenvalue weighted by molar-refractivity contribution is 7.89. The number of rotatable bonds is 6. The first-order valence-corrected chi connectivity index (χ1v) is 11.3. The lowest BCUT2D eigenvalue weighted by atomic mass is 9.97. The summed E-state index contributed by atoms with van der Waals surface area (Å²) in [5.41, 5.74) is 2.57. The van der Waals surface area contributed by atoms with E-state index >= 15 is 0 Å². The number of amides is 1. The van der Waals surface area contributed by atoms with Gasteiger partial charge in [-0.25, -0.2) is 13.1 Å². The van der Waals surface area contributed by atoms with Gasteiger partial charge in [0.05, 0.1) is 12.0 Å². The number of fused-ring (bicyclic) bond motifs is 1. The predicted molar refractivity (Wildman–Crippen MR) is 114 cm³/mol. The average Bonchev–Trinajstić information content (AvgIpc) is 2.71. The Morgan fingerprint density at radius 1 is 1.14 bits per heavy atom. The molecule has 0 bridgehead atoms. The van der Waals surface area contributed by atoms with E-state index in [2.05, 4.69) is 4.72 Å². The summed E-state index contributed by atoms with van der Waals surface area (Å²) in [5, 5.41) is 0. The maximum absolute atomic E-state index is 13.1. The van der Waals surface area contributed by atoms with E-state index in [0.29, 0.717) is 6.54 Å². The van der Waals surface area contributed by atoms with Crippen LogP contribution in [-0.4, -0.2) is 28.0 Å². The van der Waals surface area contributed by atoms with E-state index in [0.717, 1.165) is 35.4 Å². The highest BCUT2D eigenvalue weighted by atomic mass is 32.2. The van der Waals surface area contributed by atoms with Gasteiger partial charge in [0.25, 0.3) is 0 Å². The number of carbonyl (C=O) groups is 1. The summed E-state index contributed by atoms with van der Waals surface area (Å²) >= 11 is 0. The normalized spacial score (nSPS) is 15.1. The Labute approximate surface area is 172 Å². The maximum Gasteiger partial charge on any atom is 0.241 e. The molecule has 1 heterocycles. The number of anilines is 1. The molecule has 0 fully saturated rings. The fourth-order valence-corrected chi connectivity index (χ4v) is 5.13. The van der Waals surface area contributed by atoms with Gasteiger partial charge in [-0.3, -0.25) is 4.79 Å². The van der Waals surface area contributed by atoms with Crippen LogP contribution >= 0.6 is 0 Å². The number of benzene rings is 2. The van der Waals surface area contributed by atoms with Gasteiger partial charge >= 0.3 is 0 Å². The topological polar surface area (TPSA) is 75.7 Å². The summed E-state index contributed by atoms with van der Waals surface area (Å²) < 4.78 is 34.3. The van der Waals surface area contributed by atoms with E-state index in [-0.39, 0.29) is 22.8 Å². The first-order chi connectivity index (χ1) is 13.7. The van der Waals surface area contributed by atoms with Crippen molar-refractivity contribution in [1.82, 2.24) is 4.72 Å². The molecule has 1 aliphatic heterocycles. The molecule has 1 atom stereocenters. The first kappa shape index (κ1) is 21.3. The molecule has 0 unspecified atom stereocenters. The third-order valence-electron chi connectivity index (χ3n) is 5.28. The minimum Gasteiger partial charge on any atom is -0.497 e. The second-order valence-corrected chi connectivity index (χ2v) is 9.39. The van der Waals surface area contributed by atoms with Gasteiger partial charge in [0.2, 0.25) is 15.9 Å². The zero-order valence-corrected chi connectivity index (χ0v) is 18.1. The Kier molecular flexibility index (Phi) is 6.29. The van der Waals surface area contributed by atoms with Crippen LogP contribution in [0.15, 0.2) is 47.4 Å². The summed E-state index contributed by atoms with van der Waals surface area (Å²) in [6, 6.07) is 12.1. The van der Waals surface area contributed by atoms with Gasteiger partial charge in [-0.15, -0.1) is 0 Å². The van der Waals surface area contributed by atoms with Crippen molar-refractivity contribution >= 4 is 21.6 Å². The monoisotopic (exact) mass is 416 g/mol. The Morgan fingerprint density at radius 3 is 2.41 bits per heavy atom. The van der Waals surface area contributed by atoms with Crippen LogP contribution in [0.3, 0.4) is 0 Å². The number of carbonyl (C=O) groups excluding carboxylic acids is 1. The molecular weight excluding hydrogens is 388 g/mol. The van der Waals surface area contributed by atoms with E-state index < -0.39 is 10.0 Å². The molecular formula is C22H28N2O4S. The number of ether oxygens (including phenoxy) is 1. The number of hydrogen-bond donors (Lipinski definition) is 1. The highest BCUT2D eigenvalue weighted by Crippen LogP contribution is 2.31. The van der Waals surface area contributed by atoms with Crippen LogP contribution < -0.4 is 14.4 Å². The zero-order chi connectivity index (χ0) is 21.2. The van der Waals surface area contributed by atoms with Crippen molar-refractivity contribution in [3.63, 3.8) is 0 Å². The highest BCUT2D eigenvalue weighted by Gasteiger charge is 2.26. The summed E-state index contributed by atoms with van der Waals surface area (Å²) in [7, 11) is -2.13. The van der Waals surface area contributed by atoms with Crippen molar-refractivity contribution in [3.05, 3.63) is 53.6 Å². The molecule has 7 heteroatoms. The number of nitrogens with zero attached hydrogens (tertiary/aromatic N) is 1. The van der Waals surface area contributed by atoms with Crippen molar-refractivity contribution in [2.24, 2.45) is 5.92 Å². The van der Waals surface area contributed by atoms with Gasteiger partial charge in [-0.05, 0) is 60.2 Å². The molecule has 0 aromatic heterocycles. The summed E-state index contributed by atoms with van der Waals surface area (Å²) in [4.78, 5) is 13.8. The minimum atomic E-state index is -3.72. The van der Waals surface area contributed by atoms with Crippen LogP contribution in [0.4, 0.5) is 5.69 Å². The Morgan fingerprint density at radius 2 is 1.83 bits per heavy atom. The van der Waals surface area contributed by atoms with Crippen molar-refractivity contribution in [2.45, 2.75) is 44.6 Å². The lowest BCUT2D eigenvalue weighted by Crippen LogP contribution is -2.34. The quantitative estimate of drug-likeness (QED) is 0.780. The van der Waals surface area contributed by atoms with E-state index in [9.17, 15) is 13.2 Å². The molecule has 3 rings (SSSR count). The molecule has 6 nitrogen and oxygen atoms in total. The van der Waals surface area contributed by atoms with Crippen LogP contribution in [-0.2, 0) is 21.2 Å². The molecule has 2 aromatic carbocycles. The molecule has 29 heavy (non-hydrogen) atoms. The molecule has 156 valence electrons. The lowest BCUT2D eigenvalue weighted by molar-refractivity contribution is -0.116. The van der Waals surface area contributed by atoms with Crippen LogP contribution in [0, 0.1) is 5.92 Å². The summed E-state index contributed by atoms with van der Waals surface area (Å²) in [5.74, 6) is 0.756. The Bertz CT molecular complexity index is 984. The molecule has 0 radical (unpaired) electrons.